The van der Waals surface area contributed by atoms with Crippen LogP contribution in [0.3, 0.4) is 0 Å². The van der Waals surface area contributed by atoms with Crippen LogP contribution in [0.15, 0.2) is 0 Å². The van der Waals surface area contributed by atoms with Gasteiger partial charge in [0, 0.05) is 0 Å². The molecule has 0 saturated carbocycles. The Balaban J connectivity index is 0. The molecule has 0 unspecified atom stereocenters. The van der Waals surface area contributed by atoms with Crippen molar-refractivity contribution < 1.29 is 12.2 Å². The Morgan fingerprint density at radius 1 is 1.40 bits per heavy atom. The van der Waals surface area contributed by atoms with Crippen molar-refractivity contribution >= 4 is 26.9 Å². The molecule has 0 bridgehead atoms. The molecule has 0 amide bonds. The third kappa shape index (κ3) is 103. The molecule has 0 atom stereocenters. The van der Waals surface area contributed by atoms with Crippen LogP contribution >= 0.6 is 12.4 Å². The van der Waals surface area contributed by atoms with Gasteiger partial charge in [-0.25, -0.2) is 0 Å². The predicted octanol–water partition coefficient (Wildman–Crippen LogP) is -1.19. The third-order valence-corrected chi connectivity index (χ3v) is 0. The van der Waals surface area contributed by atoms with Gasteiger partial charge in [-0.3, -0.25) is 0 Å². The van der Waals surface area contributed by atoms with E-state index in [9.17, 15) is 0 Å². The van der Waals surface area contributed by atoms with Crippen LogP contribution < -0.4 is 0 Å². The maximum absolute atomic E-state index is 8.76. The van der Waals surface area contributed by atoms with Crippen LogP contribution in [0.4, 0.5) is 0 Å². The molecule has 0 heterocycles. The second kappa shape index (κ2) is 4.53. The van der Waals surface area contributed by atoms with E-state index in [0.29, 0.717) is 0 Å². The van der Waals surface area contributed by atoms with Crippen molar-refractivity contribution in [2.24, 2.45) is 0 Å². The van der Waals surface area contributed by atoms with Gasteiger partial charge in [-0.05, 0) is 0 Å². The van der Waals surface area contributed by atoms with E-state index in [1.165, 1.54) is 0 Å². The topological polar surface area (TPSA) is 57.5 Å². The summed E-state index contributed by atoms with van der Waals surface area (Å²) >= 11 is -3.29. The van der Waals surface area contributed by atoms with Gasteiger partial charge in [0.15, 0.2) is 0 Å². The summed E-state index contributed by atoms with van der Waals surface area (Å²) in [7, 11) is 0. The predicted molar refractivity (Wildman–Crippen MR) is 18.1 cm³/mol. The first-order chi connectivity index (χ1) is 1.73. The number of rotatable bonds is 0. The first kappa shape index (κ1) is 9.11. The average Bonchev–Trinajstić information content (AvgIpc) is 0.811. The van der Waals surface area contributed by atoms with E-state index in [4.69, 9.17) is 12.2 Å². The van der Waals surface area contributed by atoms with Crippen molar-refractivity contribution in [2.75, 3.05) is 0 Å². The molecule has 3 nitrogen and oxygen atoms in total. The fourth-order valence-electron chi connectivity index (χ4n) is 0. The maximum atomic E-state index is 8.76. The van der Waals surface area contributed by atoms with Crippen molar-refractivity contribution in [3.8, 4) is 0 Å². The van der Waals surface area contributed by atoms with Crippen molar-refractivity contribution in [1.82, 2.24) is 0 Å². The average molecular weight is 165 g/mol. The van der Waals surface area contributed by atoms with Gasteiger partial charge in [-0.15, -0.1) is 12.4 Å². The Hall–Kier alpha value is 0.529. The standard InChI is InChI=1S/ClH.H2O3Se/c;1-4(2)3/h1H;(H2,1,2,3). The van der Waals surface area contributed by atoms with E-state index in [-0.39, 0.29) is 12.4 Å². The molecule has 0 aromatic heterocycles. The monoisotopic (exact) mass is 166 g/mol. The van der Waals surface area contributed by atoms with E-state index >= 15 is 0 Å². The molecule has 0 radical (unpaired) electrons. The minimum atomic E-state index is -3.29. The second-order valence-electron chi connectivity index (χ2n) is 0.231. The minimum absolute atomic E-state index is 0. The summed E-state index contributed by atoms with van der Waals surface area (Å²) in [6.07, 6.45) is 0. The van der Waals surface area contributed by atoms with E-state index in [1.54, 1.807) is 0 Å². The summed E-state index contributed by atoms with van der Waals surface area (Å²) in [6, 6.07) is 0. The molecule has 0 saturated heterocycles. The summed E-state index contributed by atoms with van der Waals surface area (Å²) in [6.45, 7) is 0. The fourth-order valence-corrected chi connectivity index (χ4v) is 0. The number of hydrogen-bond donors (Lipinski definition) is 2. The molecular weight excluding hydrogens is 162 g/mol. The molecule has 2 N–H and O–H groups in total. The quantitative estimate of drug-likeness (QED) is 0.444. The number of hydrogen-bond acceptors (Lipinski definition) is 1. The van der Waals surface area contributed by atoms with Crippen molar-refractivity contribution in [3.63, 3.8) is 0 Å². The van der Waals surface area contributed by atoms with Gasteiger partial charge in [-0.1, -0.05) is 0 Å². The zero-order valence-corrected chi connectivity index (χ0v) is 4.65. The van der Waals surface area contributed by atoms with Gasteiger partial charge >= 0.3 is 26.7 Å². The van der Waals surface area contributed by atoms with E-state index in [1.807, 2.05) is 0 Å². The molecule has 5 heavy (non-hydrogen) atoms. The summed E-state index contributed by atoms with van der Waals surface area (Å²) in [5, 5.41) is 0. The summed E-state index contributed by atoms with van der Waals surface area (Å²) in [4.78, 5) is 0. The van der Waals surface area contributed by atoms with Gasteiger partial charge in [-0.2, -0.15) is 0 Å². The Morgan fingerprint density at radius 2 is 1.40 bits per heavy atom. The van der Waals surface area contributed by atoms with Gasteiger partial charge in [0.1, 0.15) is 0 Å². The molecule has 0 aliphatic carbocycles. The van der Waals surface area contributed by atoms with Crippen LogP contribution in [-0.4, -0.2) is 22.9 Å². The Labute approximate surface area is 39.8 Å². The molecule has 0 rings (SSSR count). The molecule has 0 aliphatic rings. The first-order valence-corrected chi connectivity index (χ1v) is 2.76. The van der Waals surface area contributed by atoms with Gasteiger partial charge < -0.3 is 0 Å². The van der Waals surface area contributed by atoms with Gasteiger partial charge in [0.2, 0.25) is 0 Å². The number of halogens is 1. The first-order valence-electron chi connectivity index (χ1n) is 0.532. The van der Waals surface area contributed by atoms with E-state index < -0.39 is 14.5 Å². The molecular formula is H3ClO3Se. The molecule has 5 heteroatoms. The SMILES string of the molecule is Cl.O=[Se](O)O. The van der Waals surface area contributed by atoms with Crippen LogP contribution in [0.5, 0.6) is 0 Å². The molecule has 0 aromatic carbocycles. The van der Waals surface area contributed by atoms with Crippen LogP contribution in [0.25, 0.3) is 0 Å². The fraction of sp³-hybridized carbons (Fsp3) is 0. The Bertz CT molecular complexity index is 29.9. The molecule has 0 aliphatic heterocycles. The van der Waals surface area contributed by atoms with Crippen LogP contribution in [0.2, 0.25) is 0 Å². The van der Waals surface area contributed by atoms with Gasteiger partial charge in [0.25, 0.3) is 0 Å². The zero-order chi connectivity index (χ0) is 3.58. The van der Waals surface area contributed by atoms with Crippen molar-refractivity contribution in [2.45, 2.75) is 0 Å². The van der Waals surface area contributed by atoms with Crippen molar-refractivity contribution in [1.29, 1.82) is 0 Å². The molecule has 0 fully saturated rings. The molecule has 34 valence electrons. The van der Waals surface area contributed by atoms with E-state index in [2.05, 4.69) is 0 Å². The van der Waals surface area contributed by atoms with Crippen LogP contribution in [-0.2, 0) is 3.83 Å². The second-order valence-corrected chi connectivity index (χ2v) is 1.20. The normalized spacial score (nSPS) is 7.00. The van der Waals surface area contributed by atoms with Crippen LogP contribution in [0, 0.1) is 0 Å². The Kier molecular flexibility index (Phi) is 8.25. The summed E-state index contributed by atoms with van der Waals surface area (Å²) in [5.41, 5.74) is 0. The zero-order valence-electron chi connectivity index (χ0n) is 2.12. The summed E-state index contributed by atoms with van der Waals surface area (Å²) < 4.78 is 23.1. The molecule has 0 spiro atoms. The Morgan fingerprint density at radius 3 is 1.40 bits per heavy atom. The third-order valence-electron chi connectivity index (χ3n) is 0. The summed E-state index contributed by atoms with van der Waals surface area (Å²) in [5.74, 6) is 0. The molecule has 0 aromatic rings. The van der Waals surface area contributed by atoms with Gasteiger partial charge in [0.05, 0.1) is 0 Å². The van der Waals surface area contributed by atoms with E-state index in [0.717, 1.165) is 0 Å². The van der Waals surface area contributed by atoms with Crippen molar-refractivity contribution in [3.05, 3.63) is 0 Å². The van der Waals surface area contributed by atoms with Crippen LogP contribution in [0.1, 0.15) is 0 Å².